The lowest BCUT2D eigenvalue weighted by molar-refractivity contribution is 0.754. The first kappa shape index (κ1) is 8.05. The van der Waals surface area contributed by atoms with Gasteiger partial charge < -0.3 is 4.57 Å². The van der Waals surface area contributed by atoms with E-state index in [0.717, 1.165) is 5.82 Å². The Morgan fingerprint density at radius 1 is 1.64 bits per heavy atom. The van der Waals surface area contributed by atoms with Gasteiger partial charge in [-0.15, -0.1) is 0 Å². The molecule has 1 rings (SSSR count). The molecule has 0 fully saturated rings. The molecule has 0 aliphatic carbocycles. The van der Waals surface area contributed by atoms with E-state index >= 15 is 0 Å². The second-order valence-corrected chi connectivity index (χ2v) is 2.71. The van der Waals surface area contributed by atoms with Gasteiger partial charge in [0.1, 0.15) is 5.82 Å². The number of imidazole rings is 1. The van der Waals surface area contributed by atoms with Crippen molar-refractivity contribution < 1.29 is 0 Å². The van der Waals surface area contributed by atoms with Crippen LogP contribution in [0.5, 0.6) is 0 Å². The number of hydrogen-bond donors (Lipinski definition) is 0. The molecule has 1 atom stereocenters. The van der Waals surface area contributed by atoms with Crippen molar-refractivity contribution >= 4 is 0 Å². The number of hydrogen-bond acceptors (Lipinski definition) is 1. The summed E-state index contributed by atoms with van der Waals surface area (Å²) in [5.74, 6) is 1.53. The third kappa shape index (κ3) is 1.70. The van der Waals surface area contributed by atoms with E-state index in [9.17, 15) is 0 Å². The first-order valence-electron chi connectivity index (χ1n) is 3.85. The average Bonchev–Trinajstić information content (AvgIpc) is 2.36. The molecule has 0 bridgehead atoms. The zero-order valence-electron chi connectivity index (χ0n) is 7.28. The molecule has 0 aliphatic heterocycles. The fourth-order valence-corrected chi connectivity index (χ4v) is 1.19. The van der Waals surface area contributed by atoms with Crippen molar-refractivity contribution in [3.05, 3.63) is 30.4 Å². The Balaban J connectivity index is 2.83. The quantitative estimate of drug-likeness (QED) is 0.590. The average molecular weight is 150 g/mol. The van der Waals surface area contributed by atoms with Crippen molar-refractivity contribution in [2.24, 2.45) is 7.05 Å². The van der Waals surface area contributed by atoms with Crippen LogP contribution in [0.2, 0.25) is 0 Å². The van der Waals surface area contributed by atoms with E-state index in [0.29, 0.717) is 5.92 Å². The van der Waals surface area contributed by atoms with Gasteiger partial charge in [0.25, 0.3) is 0 Å². The van der Waals surface area contributed by atoms with E-state index in [1.807, 2.05) is 30.9 Å². The van der Waals surface area contributed by atoms with Crippen LogP contribution < -0.4 is 0 Å². The Hall–Kier alpha value is -1.05. The van der Waals surface area contributed by atoms with Crippen LogP contribution in [0.4, 0.5) is 0 Å². The molecule has 2 heteroatoms. The summed E-state index contributed by atoms with van der Waals surface area (Å²) in [5, 5.41) is 0. The Kier molecular flexibility index (Phi) is 2.47. The summed E-state index contributed by atoms with van der Waals surface area (Å²) in [4.78, 5) is 4.25. The van der Waals surface area contributed by atoms with Crippen LogP contribution in [0, 0.1) is 0 Å². The third-order valence-electron chi connectivity index (χ3n) is 1.75. The smallest absolute Gasteiger partial charge is 0.115 e. The predicted octanol–water partition coefficient (Wildman–Crippen LogP) is 2.10. The summed E-state index contributed by atoms with van der Waals surface area (Å²) in [5.41, 5.74) is 0. The largest absolute Gasteiger partial charge is 0.338 e. The van der Waals surface area contributed by atoms with Gasteiger partial charge in [-0.05, 0) is 6.92 Å². The Morgan fingerprint density at radius 3 is 2.82 bits per heavy atom. The fourth-order valence-electron chi connectivity index (χ4n) is 1.19. The summed E-state index contributed by atoms with van der Waals surface area (Å²) in [6.07, 6.45) is 7.99. The molecule has 2 nitrogen and oxygen atoms in total. The van der Waals surface area contributed by atoms with Crippen LogP contribution in [-0.4, -0.2) is 9.55 Å². The summed E-state index contributed by atoms with van der Waals surface area (Å²) in [7, 11) is 2.02. The fraction of sp³-hybridized carbons (Fsp3) is 0.444. The Bertz CT molecular complexity index is 248. The van der Waals surface area contributed by atoms with Gasteiger partial charge in [0.05, 0.1) is 0 Å². The van der Waals surface area contributed by atoms with Crippen molar-refractivity contribution in [2.45, 2.75) is 19.8 Å². The monoisotopic (exact) mass is 150 g/mol. The number of aryl methyl sites for hydroxylation is 1. The molecule has 0 saturated carbocycles. The highest BCUT2D eigenvalue weighted by Gasteiger charge is 2.04. The minimum absolute atomic E-state index is 0.417. The third-order valence-corrected chi connectivity index (χ3v) is 1.75. The Labute approximate surface area is 67.6 Å². The highest BCUT2D eigenvalue weighted by atomic mass is 15.0. The lowest BCUT2D eigenvalue weighted by atomic mass is 10.1. The first-order valence-corrected chi connectivity index (χ1v) is 3.85. The maximum atomic E-state index is 4.25. The van der Waals surface area contributed by atoms with Gasteiger partial charge in [-0.1, -0.05) is 19.1 Å². The molecule has 1 heterocycles. The number of allylic oxidation sites excluding steroid dienone is 2. The SMILES string of the molecule is C/C=C\C(C)c1nccn1C. The number of aromatic nitrogens is 2. The van der Waals surface area contributed by atoms with Gasteiger partial charge in [-0.2, -0.15) is 0 Å². The van der Waals surface area contributed by atoms with Gasteiger partial charge in [0.2, 0.25) is 0 Å². The first-order chi connectivity index (χ1) is 5.25. The molecular formula is C9H14N2. The number of nitrogens with zero attached hydrogens (tertiary/aromatic N) is 2. The topological polar surface area (TPSA) is 17.8 Å². The van der Waals surface area contributed by atoms with Crippen LogP contribution in [0.3, 0.4) is 0 Å². The highest BCUT2D eigenvalue weighted by Crippen LogP contribution is 2.12. The van der Waals surface area contributed by atoms with E-state index in [1.54, 1.807) is 0 Å². The van der Waals surface area contributed by atoms with E-state index in [4.69, 9.17) is 0 Å². The molecule has 0 spiro atoms. The van der Waals surface area contributed by atoms with E-state index in [2.05, 4.69) is 24.1 Å². The summed E-state index contributed by atoms with van der Waals surface area (Å²) in [6.45, 7) is 4.17. The summed E-state index contributed by atoms with van der Waals surface area (Å²) in [6, 6.07) is 0. The summed E-state index contributed by atoms with van der Waals surface area (Å²) >= 11 is 0. The molecule has 0 N–H and O–H groups in total. The lowest BCUT2D eigenvalue weighted by Gasteiger charge is -2.04. The minimum atomic E-state index is 0.417. The highest BCUT2D eigenvalue weighted by molar-refractivity contribution is 5.06. The minimum Gasteiger partial charge on any atom is -0.338 e. The second kappa shape index (κ2) is 3.37. The molecule has 1 aromatic heterocycles. The maximum absolute atomic E-state index is 4.25. The van der Waals surface area contributed by atoms with Crippen molar-refractivity contribution in [3.63, 3.8) is 0 Å². The van der Waals surface area contributed by atoms with Gasteiger partial charge in [0.15, 0.2) is 0 Å². The van der Waals surface area contributed by atoms with Crippen molar-refractivity contribution in [1.82, 2.24) is 9.55 Å². The van der Waals surface area contributed by atoms with Crippen LogP contribution >= 0.6 is 0 Å². The molecule has 1 unspecified atom stereocenters. The molecule has 60 valence electrons. The standard InChI is InChI=1S/C9H14N2/c1-4-5-8(2)9-10-6-7-11(9)3/h4-8H,1-3H3/b5-4-. The normalized spacial score (nSPS) is 14.1. The lowest BCUT2D eigenvalue weighted by Crippen LogP contribution is -1.99. The predicted molar refractivity (Wildman–Crippen MR) is 46.4 cm³/mol. The van der Waals surface area contributed by atoms with Crippen LogP contribution in [0.15, 0.2) is 24.5 Å². The van der Waals surface area contributed by atoms with Crippen LogP contribution in [-0.2, 0) is 7.05 Å². The van der Waals surface area contributed by atoms with E-state index in [-0.39, 0.29) is 0 Å². The molecule has 0 saturated heterocycles. The van der Waals surface area contributed by atoms with Crippen LogP contribution in [0.1, 0.15) is 25.6 Å². The second-order valence-electron chi connectivity index (χ2n) is 2.71. The summed E-state index contributed by atoms with van der Waals surface area (Å²) < 4.78 is 2.05. The molecule has 0 aromatic carbocycles. The zero-order chi connectivity index (χ0) is 8.27. The van der Waals surface area contributed by atoms with Crippen molar-refractivity contribution in [3.8, 4) is 0 Å². The molecule has 1 aromatic rings. The van der Waals surface area contributed by atoms with Crippen LogP contribution in [0.25, 0.3) is 0 Å². The van der Waals surface area contributed by atoms with Gasteiger partial charge in [-0.25, -0.2) is 4.98 Å². The Morgan fingerprint density at radius 2 is 2.36 bits per heavy atom. The van der Waals surface area contributed by atoms with Gasteiger partial charge >= 0.3 is 0 Å². The molecule has 0 aliphatic rings. The maximum Gasteiger partial charge on any atom is 0.115 e. The van der Waals surface area contributed by atoms with E-state index < -0.39 is 0 Å². The molecule has 11 heavy (non-hydrogen) atoms. The molecule has 0 amide bonds. The van der Waals surface area contributed by atoms with Gasteiger partial charge in [-0.3, -0.25) is 0 Å². The number of rotatable bonds is 2. The van der Waals surface area contributed by atoms with Crippen molar-refractivity contribution in [2.75, 3.05) is 0 Å². The molecular weight excluding hydrogens is 136 g/mol. The van der Waals surface area contributed by atoms with E-state index in [1.165, 1.54) is 0 Å². The molecule has 0 radical (unpaired) electrons. The van der Waals surface area contributed by atoms with Gasteiger partial charge in [0, 0.05) is 25.4 Å². The zero-order valence-corrected chi connectivity index (χ0v) is 7.28. The van der Waals surface area contributed by atoms with Crippen molar-refractivity contribution in [1.29, 1.82) is 0 Å².